The third kappa shape index (κ3) is 2.05. The van der Waals surface area contributed by atoms with Gasteiger partial charge in [0.25, 0.3) is 5.91 Å². The number of carbonyl (C=O) groups excluding carboxylic acids is 1. The molecule has 0 bridgehead atoms. The van der Waals surface area contributed by atoms with Gasteiger partial charge in [-0.15, -0.1) is 11.3 Å². The van der Waals surface area contributed by atoms with Crippen LogP contribution in [0.5, 0.6) is 0 Å². The van der Waals surface area contributed by atoms with Gasteiger partial charge in [0.1, 0.15) is 11.2 Å². The van der Waals surface area contributed by atoms with Crippen molar-refractivity contribution in [3.05, 3.63) is 49.8 Å². The molecule has 4 rings (SSSR count). The number of rotatable bonds is 1. The number of fused-ring (bicyclic) bond motifs is 3. The van der Waals surface area contributed by atoms with E-state index in [9.17, 15) is 4.79 Å². The molecule has 0 spiro atoms. The summed E-state index contributed by atoms with van der Waals surface area (Å²) in [6.45, 7) is 0. The monoisotopic (exact) mass is 338 g/mol. The summed E-state index contributed by atoms with van der Waals surface area (Å²) in [6, 6.07) is 5.35. The Morgan fingerprint density at radius 2 is 1.90 bits per heavy atom. The Hall–Kier alpha value is -1.23. The maximum atomic E-state index is 12.5. The Morgan fingerprint density at radius 1 is 1.14 bits per heavy atom. The third-order valence-electron chi connectivity index (χ3n) is 3.99. The number of nitrogens with one attached hydrogen (secondary N) is 2. The van der Waals surface area contributed by atoms with Crippen LogP contribution in [0.25, 0.3) is 0 Å². The van der Waals surface area contributed by atoms with E-state index in [1.54, 1.807) is 29.5 Å². The van der Waals surface area contributed by atoms with Crippen molar-refractivity contribution >= 4 is 45.4 Å². The second-order valence-electron chi connectivity index (χ2n) is 5.25. The number of thiophene rings is 1. The van der Waals surface area contributed by atoms with Crippen molar-refractivity contribution in [3.8, 4) is 0 Å². The molecule has 1 atom stereocenters. The van der Waals surface area contributed by atoms with Crippen molar-refractivity contribution in [2.75, 3.05) is 5.32 Å². The van der Waals surface area contributed by atoms with Crippen LogP contribution in [0.2, 0.25) is 10.0 Å². The van der Waals surface area contributed by atoms with Gasteiger partial charge in [-0.1, -0.05) is 29.3 Å². The number of hydrogen-bond acceptors (Lipinski definition) is 3. The highest BCUT2D eigenvalue weighted by Crippen LogP contribution is 2.43. The average molecular weight is 339 g/mol. The molecular formula is C15H12Cl2N2OS. The lowest BCUT2D eigenvalue weighted by atomic mass is 10.1. The predicted molar refractivity (Wildman–Crippen MR) is 86.6 cm³/mol. The summed E-state index contributed by atoms with van der Waals surface area (Å²) in [4.78, 5) is 13.8. The fraction of sp³-hybridized carbons (Fsp3) is 0.267. The minimum Gasteiger partial charge on any atom is -0.353 e. The molecule has 108 valence electrons. The molecule has 2 N–H and O–H groups in total. The van der Waals surface area contributed by atoms with Crippen LogP contribution in [0.3, 0.4) is 0 Å². The van der Waals surface area contributed by atoms with E-state index >= 15 is 0 Å². The standard InChI is InChI=1S/C15H12Cl2N2OS/c16-8-4-2-5-9(17)12(8)13-18-14(20)11-7-3-1-6-10(7)21-15(11)19-13/h2,4-5,13,19H,1,3,6H2,(H,18,20)/t13-/m1/s1. The molecular weight excluding hydrogens is 327 g/mol. The molecule has 2 heterocycles. The average Bonchev–Trinajstić information content (AvgIpc) is 2.98. The molecule has 1 aromatic carbocycles. The van der Waals surface area contributed by atoms with E-state index in [1.165, 1.54) is 10.4 Å². The number of halogens is 2. The lowest BCUT2D eigenvalue weighted by Crippen LogP contribution is -2.38. The molecule has 1 aromatic heterocycles. The van der Waals surface area contributed by atoms with Crippen LogP contribution in [0.1, 0.15) is 38.9 Å². The quantitative estimate of drug-likeness (QED) is 0.809. The SMILES string of the molecule is O=C1N[C@@H](c2c(Cl)cccc2Cl)Nc2sc3c(c21)CCC3. The van der Waals surface area contributed by atoms with Crippen molar-refractivity contribution in [1.29, 1.82) is 0 Å². The fourth-order valence-corrected chi connectivity index (χ4v) is 4.98. The van der Waals surface area contributed by atoms with Gasteiger partial charge in [0.2, 0.25) is 0 Å². The Morgan fingerprint density at radius 3 is 2.67 bits per heavy atom. The zero-order valence-corrected chi connectivity index (χ0v) is 13.3. The van der Waals surface area contributed by atoms with Crippen LogP contribution in [0, 0.1) is 0 Å². The third-order valence-corrected chi connectivity index (χ3v) is 5.87. The first-order chi connectivity index (χ1) is 10.1. The Labute approximate surface area is 136 Å². The van der Waals surface area contributed by atoms with Crippen molar-refractivity contribution < 1.29 is 4.79 Å². The summed E-state index contributed by atoms with van der Waals surface area (Å²) in [5.41, 5.74) is 2.74. The highest BCUT2D eigenvalue weighted by Gasteiger charge is 2.33. The van der Waals surface area contributed by atoms with E-state index in [2.05, 4.69) is 10.6 Å². The molecule has 0 saturated carbocycles. The smallest absolute Gasteiger partial charge is 0.256 e. The normalized spacial score (nSPS) is 19.7. The van der Waals surface area contributed by atoms with Gasteiger partial charge >= 0.3 is 0 Å². The van der Waals surface area contributed by atoms with Gasteiger partial charge in [0, 0.05) is 20.5 Å². The number of carbonyl (C=O) groups is 1. The highest BCUT2D eigenvalue weighted by atomic mass is 35.5. The van der Waals surface area contributed by atoms with Crippen LogP contribution < -0.4 is 10.6 Å². The lowest BCUT2D eigenvalue weighted by molar-refractivity contribution is 0.0935. The molecule has 1 aliphatic heterocycles. The minimum atomic E-state index is -0.384. The van der Waals surface area contributed by atoms with E-state index in [0.29, 0.717) is 15.6 Å². The molecule has 2 aromatic rings. The number of anilines is 1. The van der Waals surface area contributed by atoms with E-state index in [1.807, 2.05) is 0 Å². The maximum Gasteiger partial charge on any atom is 0.256 e. The molecule has 3 nitrogen and oxygen atoms in total. The molecule has 0 unspecified atom stereocenters. The van der Waals surface area contributed by atoms with E-state index < -0.39 is 0 Å². The van der Waals surface area contributed by atoms with Crippen molar-refractivity contribution in [2.24, 2.45) is 0 Å². The second-order valence-corrected chi connectivity index (χ2v) is 7.17. The number of aryl methyl sites for hydroxylation is 1. The van der Waals surface area contributed by atoms with Gasteiger partial charge in [-0.25, -0.2) is 0 Å². The molecule has 2 aliphatic rings. The summed E-state index contributed by atoms with van der Waals surface area (Å²) in [6.07, 6.45) is 2.82. The second kappa shape index (κ2) is 4.90. The molecule has 6 heteroatoms. The zero-order valence-electron chi connectivity index (χ0n) is 11.0. The highest BCUT2D eigenvalue weighted by molar-refractivity contribution is 7.16. The largest absolute Gasteiger partial charge is 0.353 e. The first-order valence-corrected chi connectivity index (χ1v) is 8.38. The summed E-state index contributed by atoms with van der Waals surface area (Å²) in [5, 5.41) is 8.38. The Balaban J connectivity index is 1.77. The topological polar surface area (TPSA) is 41.1 Å². The number of benzene rings is 1. The van der Waals surface area contributed by atoms with Crippen LogP contribution in [-0.4, -0.2) is 5.91 Å². The molecule has 0 radical (unpaired) electrons. The van der Waals surface area contributed by atoms with Gasteiger partial charge in [-0.3, -0.25) is 4.79 Å². The summed E-state index contributed by atoms with van der Waals surface area (Å²) in [5.74, 6) is -0.0378. The predicted octanol–water partition coefficient (Wildman–Crippen LogP) is 4.40. The van der Waals surface area contributed by atoms with Crippen molar-refractivity contribution in [2.45, 2.75) is 25.4 Å². The maximum absolute atomic E-state index is 12.5. The summed E-state index contributed by atoms with van der Waals surface area (Å²) in [7, 11) is 0. The van der Waals surface area contributed by atoms with Crippen LogP contribution in [0.4, 0.5) is 5.00 Å². The fourth-order valence-electron chi connectivity index (χ4n) is 3.05. The minimum absolute atomic E-state index is 0.0378. The first-order valence-electron chi connectivity index (χ1n) is 6.81. The van der Waals surface area contributed by atoms with Crippen LogP contribution in [-0.2, 0) is 12.8 Å². The lowest BCUT2D eigenvalue weighted by Gasteiger charge is -2.27. The Kier molecular flexibility index (Phi) is 3.14. The van der Waals surface area contributed by atoms with Gasteiger partial charge in [-0.05, 0) is 37.0 Å². The first kappa shape index (κ1) is 13.4. The number of hydrogen-bond donors (Lipinski definition) is 2. The van der Waals surface area contributed by atoms with Crippen molar-refractivity contribution in [3.63, 3.8) is 0 Å². The van der Waals surface area contributed by atoms with Gasteiger partial charge in [0.15, 0.2) is 0 Å². The molecule has 1 aliphatic carbocycles. The molecule has 21 heavy (non-hydrogen) atoms. The number of amides is 1. The van der Waals surface area contributed by atoms with Crippen molar-refractivity contribution in [1.82, 2.24) is 5.32 Å². The zero-order chi connectivity index (χ0) is 14.6. The van der Waals surface area contributed by atoms with Gasteiger partial charge in [-0.2, -0.15) is 0 Å². The van der Waals surface area contributed by atoms with Gasteiger partial charge < -0.3 is 10.6 Å². The van der Waals surface area contributed by atoms with E-state index in [4.69, 9.17) is 23.2 Å². The Bertz CT molecular complexity index is 736. The van der Waals surface area contributed by atoms with Crippen LogP contribution in [0.15, 0.2) is 18.2 Å². The van der Waals surface area contributed by atoms with E-state index in [0.717, 1.165) is 29.8 Å². The van der Waals surface area contributed by atoms with Gasteiger partial charge in [0.05, 0.1) is 5.56 Å². The molecule has 0 saturated heterocycles. The van der Waals surface area contributed by atoms with E-state index in [-0.39, 0.29) is 12.1 Å². The molecule has 1 amide bonds. The summed E-state index contributed by atoms with van der Waals surface area (Å²) >= 11 is 14.2. The molecule has 0 fully saturated rings. The summed E-state index contributed by atoms with van der Waals surface area (Å²) < 4.78 is 0. The van der Waals surface area contributed by atoms with Crippen LogP contribution >= 0.6 is 34.5 Å².